The number of hydrogen-bond acceptors (Lipinski definition) is 6. The van der Waals surface area contributed by atoms with Gasteiger partial charge >= 0.3 is 0 Å². The molecule has 0 atom stereocenters. The number of rotatable bonds is 5. The molecule has 3 aromatic rings. The second kappa shape index (κ2) is 9.37. The maximum absolute atomic E-state index is 12.5. The van der Waals surface area contributed by atoms with Gasteiger partial charge in [0.2, 0.25) is 0 Å². The first-order chi connectivity index (χ1) is 15.4. The van der Waals surface area contributed by atoms with Crippen molar-refractivity contribution in [1.82, 2.24) is 5.32 Å². The van der Waals surface area contributed by atoms with Gasteiger partial charge in [-0.05, 0) is 61.5 Å². The number of benzene rings is 2. The van der Waals surface area contributed by atoms with Crippen molar-refractivity contribution in [3.8, 4) is 11.3 Å². The number of amides is 1. The molecular weight excluding hydrogens is 452 g/mol. The highest BCUT2D eigenvalue weighted by Gasteiger charge is 2.20. The van der Waals surface area contributed by atoms with E-state index in [4.69, 9.17) is 28.2 Å². The van der Waals surface area contributed by atoms with E-state index in [1.165, 1.54) is 18.2 Å². The summed E-state index contributed by atoms with van der Waals surface area (Å²) in [6, 6.07) is 14.6. The number of nitro benzene ring substituents is 1. The molecular formula is C22H19ClN4O4S. The second-order valence-electron chi connectivity index (χ2n) is 7.21. The Morgan fingerprint density at radius 1 is 1.12 bits per heavy atom. The number of para-hydroxylation sites is 1. The van der Waals surface area contributed by atoms with Crippen molar-refractivity contribution in [1.29, 1.82) is 0 Å². The predicted molar refractivity (Wildman–Crippen MR) is 127 cm³/mol. The van der Waals surface area contributed by atoms with Crippen molar-refractivity contribution in [2.75, 3.05) is 23.3 Å². The lowest BCUT2D eigenvalue weighted by atomic mass is 10.1. The van der Waals surface area contributed by atoms with Crippen LogP contribution in [0.1, 0.15) is 23.4 Å². The Bertz CT molecular complexity index is 1190. The molecule has 8 nitrogen and oxygen atoms in total. The van der Waals surface area contributed by atoms with Crippen molar-refractivity contribution in [2.24, 2.45) is 0 Å². The monoisotopic (exact) mass is 470 g/mol. The molecule has 1 fully saturated rings. The molecule has 4 rings (SSSR count). The van der Waals surface area contributed by atoms with Crippen LogP contribution in [0.5, 0.6) is 0 Å². The molecule has 2 N–H and O–H groups in total. The number of anilines is 2. The summed E-state index contributed by atoms with van der Waals surface area (Å²) in [5.74, 6) is -0.387. The number of thiocarbonyl (C=S) groups is 1. The quantitative estimate of drug-likeness (QED) is 0.299. The highest BCUT2D eigenvalue weighted by molar-refractivity contribution is 7.80. The molecule has 164 valence electrons. The van der Waals surface area contributed by atoms with Crippen LogP contribution in [0.25, 0.3) is 11.3 Å². The lowest BCUT2D eigenvalue weighted by molar-refractivity contribution is -0.384. The van der Waals surface area contributed by atoms with E-state index in [0.29, 0.717) is 10.7 Å². The van der Waals surface area contributed by atoms with Crippen LogP contribution in [0.3, 0.4) is 0 Å². The van der Waals surface area contributed by atoms with E-state index in [0.717, 1.165) is 31.6 Å². The Labute approximate surface area is 194 Å². The number of hydrogen-bond donors (Lipinski definition) is 2. The summed E-state index contributed by atoms with van der Waals surface area (Å²) >= 11 is 11.6. The first-order valence-electron chi connectivity index (χ1n) is 9.93. The van der Waals surface area contributed by atoms with Crippen LogP contribution in [0.2, 0.25) is 5.02 Å². The standard InChI is InChI=1S/C22H19ClN4O4S/c23-16-13-14(7-8-18(16)26-11-3-4-12-26)24-22(32)25-21(28)20-10-9-19(31-20)15-5-1-2-6-17(15)27(29)30/h1-2,5-10,13H,3-4,11-12H2,(H2,24,25,28,32). The van der Waals surface area contributed by atoms with Crippen molar-refractivity contribution < 1.29 is 14.1 Å². The Hall–Kier alpha value is -3.43. The van der Waals surface area contributed by atoms with E-state index >= 15 is 0 Å². The molecule has 0 bridgehead atoms. The van der Waals surface area contributed by atoms with Crippen molar-refractivity contribution in [2.45, 2.75) is 12.8 Å². The van der Waals surface area contributed by atoms with Gasteiger partial charge in [-0.25, -0.2) is 0 Å². The second-order valence-corrected chi connectivity index (χ2v) is 8.02. The molecule has 0 saturated carbocycles. The number of nitrogens with zero attached hydrogens (tertiary/aromatic N) is 2. The largest absolute Gasteiger partial charge is 0.451 e. The van der Waals surface area contributed by atoms with Gasteiger partial charge in [-0.1, -0.05) is 23.7 Å². The van der Waals surface area contributed by atoms with Crippen LogP contribution in [0, 0.1) is 10.1 Å². The molecule has 1 aliphatic rings. The average Bonchev–Trinajstić information content (AvgIpc) is 3.46. The minimum atomic E-state index is -0.577. The van der Waals surface area contributed by atoms with Crippen molar-refractivity contribution in [3.63, 3.8) is 0 Å². The molecule has 2 aromatic carbocycles. The molecule has 10 heteroatoms. The van der Waals surface area contributed by atoms with Gasteiger partial charge < -0.3 is 14.6 Å². The SMILES string of the molecule is O=C(NC(=S)Nc1ccc(N2CCCC2)c(Cl)c1)c1ccc(-c2ccccc2[N+](=O)[O-])o1. The van der Waals surface area contributed by atoms with E-state index in [1.54, 1.807) is 24.3 Å². The molecule has 0 radical (unpaired) electrons. The van der Waals surface area contributed by atoms with E-state index < -0.39 is 10.8 Å². The molecule has 0 spiro atoms. The normalized spacial score (nSPS) is 13.1. The zero-order valence-corrected chi connectivity index (χ0v) is 18.4. The number of carbonyl (C=O) groups is 1. The third-order valence-electron chi connectivity index (χ3n) is 5.08. The van der Waals surface area contributed by atoms with Gasteiger partial charge in [0.05, 0.1) is 21.2 Å². The minimum Gasteiger partial charge on any atom is -0.451 e. The van der Waals surface area contributed by atoms with Crippen LogP contribution < -0.4 is 15.5 Å². The third kappa shape index (κ3) is 4.74. The van der Waals surface area contributed by atoms with E-state index in [2.05, 4.69) is 15.5 Å². The molecule has 32 heavy (non-hydrogen) atoms. The average molecular weight is 471 g/mol. The lowest BCUT2D eigenvalue weighted by Crippen LogP contribution is -2.33. The summed E-state index contributed by atoms with van der Waals surface area (Å²) in [4.78, 5) is 25.5. The zero-order chi connectivity index (χ0) is 22.7. The lowest BCUT2D eigenvalue weighted by Gasteiger charge is -2.20. The molecule has 1 aliphatic heterocycles. The van der Waals surface area contributed by atoms with E-state index in [-0.39, 0.29) is 27.9 Å². The highest BCUT2D eigenvalue weighted by atomic mass is 35.5. The molecule has 0 unspecified atom stereocenters. The molecule has 1 aromatic heterocycles. The molecule has 2 heterocycles. The number of nitrogens with one attached hydrogen (secondary N) is 2. The predicted octanol–water partition coefficient (Wildman–Crippen LogP) is 5.24. The van der Waals surface area contributed by atoms with E-state index in [1.807, 2.05) is 12.1 Å². The fraction of sp³-hybridized carbons (Fsp3) is 0.182. The fourth-order valence-corrected chi connectivity index (χ4v) is 4.08. The smallest absolute Gasteiger partial charge is 0.293 e. The number of halogens is 1. The molecule has 1 amide bonds. The highest BCUT2D eigenvalue weighted by Crippen LogP contribution is 2.32. The van der Waals surface area contributed by atoms with E-state index in [9.17, 15) is 14.9 Å². The van der Waals surface area contributed by atoms with Crippen LogP contribution in [0.15, 0.2) is 59.0 Å². The maximum Gasteiger partial charge on any atom is 0.293 e. The number of furan rings is 1. The molecule has 1 saturated heterocycles. The summed E-state index contributed by atoms with van der Waals surface area (Å²) in [5.41, 5.74) is 1.79. The summed E-state index contributed by atoms with van der Waals surface area (Å²) < 4.78 is 5.53. The van der Waals surface area contributed by atoms with Gasteiger partial charge in [-0.15, -0.1) is 0 Å². The topological polar surface area (TPSA) is 101 Å². The van der Waals surface area contributed by atoms with Crippen LogP contribution >= 0.6 is 23.8 Å². The van der Waals surface area contributed by atoms with Gasteiger partial charge in [0.1, 0.15) is 5.76 Å². The van der Waals surface area contributed by atoms with Crippen LogP contribution in [-0.4, -0.2) is 29.0 Å². The zero-order valence-electron chi connectivity index (χ0n) is 16.8. The summed E-state index contributed by atoms with van der Waals surface area (Å²) in [5, 5.41) is 17.4. The number of nitro groups is 1. The van der Waals surface area contributed by atoms with Gasteiger partial charge in [0.25, 0.3) is 11.6 Å². The van der Waals surface area contributed by atoms with Gasteiger partial charge in [-0.2, -0.15) is 0 Å². The van der Waals surface area contributed by atoms with Crippen molar-refractivity contribution >= 4 is 51.9 Å². The first kappa shape index (κ1) is 21.8. The van der Waals surface area contributed by atoms with Crippen molar-refractivity contribution in [3.05, 3.63) is 75.5 Å². The Kier molecular flexibility index (Phi) is 6.38. The summed E-state index contributed by atoms with van der Waals surface area (Å²) in [6.07, 6.45) is 2.30. The summed E-state index contributed by atoms with van der Waals surface area (Å²) in [6.45, 7) is 1.97. The Morgan fingerprint density at radius 2 is 1.88 bits per heavy atom. The number of carbonyl (C=O) groups excluding carboxylic acids is 1. The van der Waals surface area contributed by atoms with Gasteiger partial charge in [-0.3, -0.25) is 20.2 Å². The van der Waals surface area contributed by atoms with Gasteiger partial charge in [0.15, 0.2) is 10.9 Å². The van der Waals surface area contributed by atoms with Gasteiger partial charge in [0, 0.05) is 24.8 Å². The Morgan fingerprint density at radius 3 is 2.59 bits per heavy atom. The fourth-order valence-electron chi connectivity index (χ4n) is 3.57. The third-order valence-corrected chi connectivity index (χ3v) is 5.58. The minimum absolute atomic E-state index is 0.0234. The Balaban J connectivity index is 1.41. The van der Waals surface area contributed by atoms with Crippen LogP contribution in [0.4, 0.5) is 17.1 Å². The summed E-state index contributed by atoms with van der Waals surface area (Å²) in [7, 11) is 0. The van der Waals surface area contributed by atoms with Crippen LogP contribution in [-0.2, 0) is 0 Å². The maximum atomic E-state index is 12.5. The molecule has 0 aliphatic carbocycles. The first-order valence-corrected chi connectivity index (χ1v) is 10.7.